The molecule has 22 heavy (non-hydrogen) atoms. The van der Waals surface area contributed by atoms with Gasteiger partial charge in [0.15, 0.2) is 0 Å². The Kier molecular flexibility index (Phi) is 4.04. The number of aliphatic hydroxyl groups is 1. The monoisotopic (exact) mass is 316 g/mol. The van der Waals surface area contributed by atoms with Crippen molar-refractivity contribution in [1.82, 2.24) is 10.3 Å². The minimum Gasteiger partial charge on any atom is -0.466 e. The quantitative estimate of drug-likeness (QED) is 0.756. The van der Waals surface area contributed by atoms with Crippen molar-refractivity contribution in [3.63, 3.8) is 0 Å². The van der Waals surface area contributed by atoms with E-state index in [0.29, 0.717) is 13.1 Å². The third kappa shape index (κ3) is 3.06. The third-order valence-corrected chi connectivity index (χ3v) is 4.74. The topological polar surface area (TPSA) is 58.3 Å². The summed E-state index contributed by atoms with van der Waals surface area (Å²) in [6.07, 6.45) is 0. The summed E-state index contributed by atoms with van der Waals surface area (Å²) in [6, 6.07) is 10.0. The number of benzene rings is 1. The second-order valence-electron chi connectivity index (χ2n) is 5.78. The molecule has 2 heterocycles. The molecule has 3 rings (SSSR count). The molecule has 0 aliphatic heterocycles. The van der Waals surface area contributed by atoms with E-state index in [1.807, 2.05) is 38.1 Å². The van der Waals surface area contributed by atoms with Crippen molar-refractivity contribution in [2.75, 3.05) is 6.54 Å². The van der Waals surface area contributed by atoms with Gasteiger partial charge in [-0.3, -0.25) is 0 Å². The largest absolute Gasteiger partial charge is 0.466 e. The zero-order valence-corrected chi connectivity index (χ0v) is 13.8. The summed E-state index contributed by atoms with van der Waals surface area (Å²) in [5, 5.41) is 15.0. The van der Waals surface area contributed by atoms with Gasteiger partial charge in [0.2, 0.25) is 0 Å². The van der Waals surface area contributed by atoms with Gasteiger partial charge in [-0.1, -0.05) is 12.1 Å². The zero-order chi connectivity index (χ0) is 15.7. The van der Waals surface area contributed by atoms with E-state index in [1.54, 1.807) is 18.3 Å². The van der Waals surface area contributed by atoms with Gasteiger partial charge in [-0.2, -0.15) is 0 Å². The predicted octanol–water partition coefficient (Wildman–Crippen LogP) is 3.50. The van der Waals surface area contributed by atoms with Gasteiger partial charge in [0.1, 0.15) is 22.1 Å². The first-order valence-corrected chi connectivity index (χ1v) is 8.12. The maximum absolute atomic E-state index is 10.7. The van der Waals surface area contributed by atoms with Crippen molar-refractivity contribution in [2.24, 2.45) is 0 Å². The van der Waals surface area contributed by atoms with Gasteiger partial charge in [0.25, 0.3) is 0 Å². The number of furan rings is 1. The smallest absolute Gasteiger partial charge is 0.108 e. The van der Waals surface area contributed by atoms with Gasteiger partial charge >= 0.3 is 0 Å². The van der Waals surface area contributed by atoms with Crippen LogP contribution in [0, 0.1) is 13.8 Å². The summed E-state index contributed by atoms with van der Waals surface area (Å²) in [5.74, 6) is 1.59. The molecule has 4 nitrogen and oxygen atoms in total. The normalized spacial score (nSPS) is 14.4. The van der Waals surface area contributed by atoms with Crippen LogP contribution in [-0.4, -0.2) is 16.6 Å². The summed E-state index contributed by atoms with van der Waals surface area (Å²) in [5.41, 5.74) is 0.901. The Morgan fingerprint density at radius 2 is 2.09 bits per heavy atom. The average Bonchev–Trinajstić information content (AvgIpc) is 3.01. The summed E-state index contributed by atoms with van der Waals surface area (Å²) in [6.45, 7) is 6.66. The standard InChI is InChI=1S/C17H20N2O2S/c1-11-8-13(12(2)21-11)17(3,20)10-18-9-16-19-14-6-4-5-7-15(14)22-16/h4-8,18,20H,9-10H2,1-3H3. The van der Waals surface area contributed by atoms with Crippen LogP contribution in [0.25, 0.3) is 10.2 Å². The molecule has 0 aliphatic carbocycles. The molecule has 1 unspecified atom stereocenters. The molecule has 0 saturated carbocycles. The van der Waals surface area contributed by atoms with Gasteiger partial charge in [-0.15, -0.1) is 11.3 Å². The lowest BCUT2D eigenvalue weighted by atomic mass is 9.96. The van der Waals surface area contributed by atoms with Crippen molar-refractivity contribution < 1.29 is 9.52 Å². The Morgan fingerprint density at radius 3 is 2.77 bits per heavy atom. The number of aryl methyl sites for hydroxylation is 2. The van der Waals surface area contributed by atoms with Gasteiger partial charge in [-0.05, 0) is 39.0 Å². The first kappa shape index (κ1) is 15.2. The molecule has 0 saturated heterocycles. The van der Waals surface area contributed by atoms with Gasteiger partial charge in [-0.25, -0.2) is 4.98 Å². The van der Waals surface area contributed by atoms with E-state index in [4.69, 9.17) is 4.42 Å². The lowest BCUT2D eigenvalue weighted by Crippen LogP contribution is -2.35. The fourth-order valence-corrected chi connectivity index (χ4v) is 3.61. The number of nitrogens with zero attached hydrogens (tertiary/aromatic N) is 1. The molecular formula is C17H20N2O2S. The molecule has 0 radical (unpaired) electrons. The fraction of sp³-hybridized carbons (Fsp3) is 0.353. The average molecular weight is 316 g/mol. The van der Waals surface area contributed by atoms with Crippen LogP contribution in [0.15, 0.2) is 34.7 Å². The van der Waals surface area contributed by atoms with Crippen molar-refractivity contribution in [3.8, 4) is 0 Å². The summed E-state index contributed by atoms with van der Waals surface area (Å²) >= 11 is 1.68. The second-order valence-corrected chi connectivity index (χ2v) is 6.89. The van der Waals surface area contributed by atoms with Crippen LogP contribution in [-0.2, 0) is 12.1 Å². The maximum atomic E-state index is 10.7. The lowest BCUT2D eigenvalue weighted by molar-refractivity contribution is 0.0552. The number of hydrogen-bond donors (Lipinski definition) is 2. The van der Waals surface area contributed by atoms with Crippen LogP contribution in [0.4, 0.5) is 0 Å². The SMILES string of the molecule is Cc1cc(C(C)(O)CNCc2nc3ccccc3s2)c(C)o1. The van der Waals surface area contributed by atoms with Crippen LogP contribution in [0.5, 0.6) is 0 Å². The summed E-state index contributed by atoms with van der Waals surface area (Å²) < 4.78 is 6.69. The molecule has 116 valence electrons. The number of hydrogen-bond acceptors (Lipinski definition) is 5. The lowest BCUT2D eigenvalue weighted by Gasteiger charge is -2.23. The number of para-hydroxylation sites is 1. The molecule has 0 fully saturated rings. The molecule has 3 aromatic rings. The highest BCUT2D eigenvalue weighted by Crippen LogP contribution is 2.27. The van der Waals surface area contributed by atoms with E-state index in [2.05, 4.69) is 16.4 Å². The number of nitrogens with one attached hydrogen (secondary N) is 1. The highest BCUT2D eigenvalue weighted by atomic mass is 32.1. The Bertz CT molecular complexity index is 756. The number of aromatic nitrogens is 1. The maximum Gasteiger partial charge on any atom is 0.108 e. The number of fused-ring (bicyclic) bond motifs is 1. The summed E-state index contributed by atoms with van der Waals surface area (Å²) in [7, 11) is 0. The highest BCUT2D eigenvalue weighted by molar-refractivity contribution is 7.18. The van der Waals surface area contributed by atoms with Crippen molar-refractivity contribution in [2.45, 2.75) is 32.9 Å². The number of thiazole rings is 1. The molecule has 1 aromatic carbocycles. The minimum absolute atomic E-state index is 0.447. The first-order valence-electron chi connectivity index (χ1n) is 7.31. The molecule has 2 aromatic heterocycles. The first-order chi connectivity index (χ1) is 10.5. The Hall–Kier alpha value is -1.69. The molecule has 5 heteroatoms. The zero-order valence-electron chi connectivity index (χ0n) is 13.0. The second kappa shape index (κ2) is 5.83. The molecule has 1 atom stereocenters. The predicted molar refractivity (Wildman–Crippen MR) is 89.1 cm³/mol. The van der Waals surface area contributed by atoms with Gasteiger partial charge < -0.3 is 14.8 Å². The molecule has 0 spiro atoms. The fourth-order valence-electron chi connectivity index (χ4n) is 2.67. The van der Waals surface area contributed by atoms with Crippen LogP contribution in [0.3, 0.4) is 0 Å². The Morgan fingerprint density at radius 1 is 1.32 bits per heavy atom. The van der Waals surface area contributed by atoms with E-state index in [0.717, 1.165) is 27.6 Å². The molecule has 2 N–H and O–H groups in total. The van der Waals surface area contributed by atoms with Crippen LogP contribution < -0.4 is 5.32 Å². The van der Waals surface area contributed by atoms with Gasteiger partial charge in [0.05, 0.1) is 10.2 Å². The van der Waals surface area contributed by atoms with Crippen molar-refractivity contribution in [1.29, 1.82) is 0 Å². The van der Waals surface area contributed by atoms with Crippen molar-refractivity contribution in [3.05, 3.63) is 52.4 Å². The van der Waals surface area contributed by atoms with E-state index in [-0.39, 0.29) is 0 Å². The summed E-state index contributed by atoms with van der Waals surface area (Å²) in [4.78, 5) is 4.58. The molecule has 0 aliphatic rings. The number of rotatable bonds is 5. The van der Waals surface area contributed by atoms with E-state index < -0.39 is 5.60 Å². The van der Waals surface area contributed by atoms with Crippen LogP contribution >= 0.6 is 11.3 Å². The Labute approximate surface area is 133 Å². The molecular weight excluding hydrogens is 296 g/mol. The van der Waals surface area contributed by atoms with E-state index in [1.165, 1.54) is 4.70 Å². The van der Waals surface area contributed by atoms with E-state index in [9.17, 15) is 5.11 Å². The molecule has 0 amide bonds. The van der Waals surface area contributed by atoms with E-state index >= 15 is 0 Å². The van der Waals surface area contributed by atoms with Gasteiger partial charge in [0, 0.05) is 18.7 Å². The highest BCUT2D eigenvalue weighted by Gasteiger charge is 2.27. The third-order valence-electron chi connectivity index (χ3n) is 3.70. The Balaban J connectivity index is 1.65. The van der Waals surface area contributed by atoms with Crippen LogP contribution in [0.1, 0.15) is 29.0 Å². The minimum atomic E-state index is -0.960. The van der Waals surface area contributed by atoms with Crippen molar-refractivity contribution >= 4 is 21.6 Å². The van der Waals surface area contributed by atoms with Crippen LogP contribution in [0.2, 0.25) is 0 Å². The molecule has 0 bridgehead atoms.